The van der Waals surface area contributed by atoms with Gasteiger partial charge in [-0.1, -0.05) is 36.4 Å². The summed E-state index contributed by atoms with van der Waals surface area (Å²) in [6, 6.07) is 23.7. The van der Waals surface area contributed by atoms with Crippen LogP contribution in [0.5, 0.6) is 5.75 Å². The van der Waals surface area contributed by atoms with Gasteiger partial charge in [0.05, 0.1) is 18.0 Å². The average Bonchev–Trinajstić information content (AvgIpc) is 3.21. The number of hydrogen-bond donors (Lipinski definition) is 0. The summed E-state index contributed by atoms with van der Waals surface area (Å²) in [5.74, 6) is 0.866. The Morgan fingerprint density at radius 1 is 0.909 bits per heavy atom. The van der Waals surface area contributed by atoms with Crippen molar-refractivity contribution in [3.05, 3.63) is 107 Å². The minimum atomic E-state index is -0.126. The molecule has 33 heavy (non-hydrogen) atoms. The van der Waals surface area contributed by atoms with Gasteiger partial charge in [-0.05, 0) is 61.9 Å². The molecule has 4 rings (SSSR count). The quantitative estimate of drug-likeness (QED) is 0.329. The molecule has 0 spiro atoms. The maximum absolute atomic E-state index is 12.7. The van der Waals surface area contributed by atoms with E-state index in [0.29, 0.717) is 13.2 Å². The van der Waals surface area contributed by atoms with E-state index in [2.05, 4.69) is 34.2 Å². The molecule has 4 aromatic rings. The SMILES string of the molecule is CN(Cc1ccc(-n2cnn(CCCCOc3ccccc3)c2=O)cc1)Cc1ccccn1. The van der Waals surface area contributed by atoms with Crippen molar-refractivity contribution in [3.8, 4) is 11.4 Å². The van der Waals surface area contributed by atoms with Crippen LogP contribution in [0.1, 0.15) is 24.1 Å². The van der Waals surface area contributed by atoms with Crippen LogP contribution in [0, 0.1) is 0 Å². The number of rotatable bonds is 11. The van der Waals surface area contributed by atoms with E-state index in [9.17, 15) is 4.79 Å². The summed E-state index contributed by atoms with van der Waals surface area (Å²) in [6.07, 6.45) is 5.08. The highest BCUT2D eigenvalue weighted by atomic mass is 16.5. The fraction of sp³-hybridized carbons (Fsp3) is 0.269. The second-order valence-corrected chi connectivity index (χ2v) is 8.04. The number of hydrogen-bond acceptors (Lipinski definition) is 5. The number of benzene rings is 2. The van der Waals surface area contributed by atoms with Gasteiger partial charge in [-0.2, -0.15) is 5.10 Å². The molecule has 2 heterocycles. The number of unbranched alkanes of at least 4 members (excludes halogenated alkanes) is 1. The Balaban J connectivity index is 1.27. The normalized spacial score (nSPS) is 11.1. The van der Waals surface area contributed by atoms with Gasteiger partial charge < -0.3 is 4.74 Å². The molecule has 0 aliphatic rings. The van der Waals surface area contributed by atoms with E-state index in [4.69, 9.17) is 4.74 Å². The number of nitrogens with zero attached hydrogens (tertiary/aromatic N) is 5. The van der Waals surface area contributed by atoms with Crippen molar-refractivity contribution in [1.29, 1.82) is 0 Å². The Morgan fingerprint density at radius 2 is 1.70 bits per heavy atom. The van der Waals surface area contributed by atoms with Gasteiger partial charge in [-0.15, -0.1) is 0 Å². The predicted molar refractivity (Wildman–Crippen MR) is 128 cm³/mol. The number of pyridine rings is 1. The summed E-state index contributed by atoms with van der Waals surface area (Å²) >= 11 is 0. The molecule has 0 fully saturated rings. The maximum Gasteiger partial charge on any atom is 0.350 e. The van der Waals surface area contributed by atoms with E-state index in [0.717, 1.165) is 43.1 Å². The Morgan fingerprint density at radius 3 is 2.45 bits per heavy atom. The highest BCUT2D eigenvalue weighted by Crippen LogP contribution is 2.11. The van der Waals surface area contributed by atoms with Gasteiger partial charge in [0.1, 0.15) is 12.1 Å². The van der Waals surface area contributed by atoms with E-state index in [1.807, 2.05) is 66.9 Å². The molecule has 0 unspecified atom stereocenters. The first-order chi connectivity index (χ1) is 16.2. The molecule has 7 nitrogen and oxygen atoms in total. The van der Waals surface area contributed by atoms with E-state index >= 15 is 0 Å². The zero-order chi connectivity index (χ0) is 22.9. The first-order valence-electron chi connectivity index (χ1n) is 11.2. The highest BCUT2D eigenvalue weighted by molar-refractivity contribution is 5.34. The number of para-hydroxylation sites is 1. The van der Waals surface area contributed by atoms with Gasteiger partial charge >= 0.3 is 5.69 Å². The van der Waals surface area contributed by atoms with Crippen LogP contribution in [0.4, 0.5) is 0 Å². The first kappa shape index (κ1) is 22.5. The molecular weight excluding hydrogens is 414 g/mol. The monoisotopic (exact) mass is 443 g/mol. The fourth-order valence-corrected chi connectivity index (χ4v) is 3.64. The van der Waals surface area contributed by atoms with E-state index in [1.54, 1.807) is 10.9 Å². The molecule has 0 amide bonds. The number of aromatic nitrogens is 4. The standard InChI is InChI=1S/C26H29N5O2/c1-29(20-23-9-5-6-16-27-23)19-22-12-14-24(15-13-22)30-21-28-31(26(30)32)17-7-8-18-33-25-10-3-2-4-11-25/h2-6,9-16,21H,7-8,17-20H2,1H3. The van der Waals surface area contributed by atoms with Crippen molar-refractivity contribution < 1.29 is 4.74 Å². The molecule has 0 radical (unpaired) electrons. The van der Waals surface area contributed by atoms with Crippen LogP contribution in [-0.4, -0.2) is 37.9 Å². The predicted octanol–water partition coefficient (Wildman–Crippen LogP) is 3.92. The molecule has 170 valence electrons. The Hall–Kier alpha value is -3.71. The zero-order valence-corrected chi connectivity index (χ0v) is 18.9. The average molecular weight is 444 g/mol. The van der Waals surface area contributed by atoms with Crippen LogP contribution in [0.15, 0.2) is 90.1 Å². The summed E-state index contributed by atoms with van der Waals surface area (Å²) in [4.78, 5) is 19.3. The molecule has 0 saturated carbocycles. The molecule has 0 saturated heterocycles. The van der Waals surface area contributed by atoms with Gasteiger partial charge in [0.15, 0.2) is 0 Å². The van der Waals surface area contributed by atoms with Gasteiger partial charge in [0, 0.05) is 25.8 Å². The van der Waals surface area contributed by atoms with Gasteiger partial charge in [0.25, 0.3) is 0 Å². The Labute approximate surface area is 193 Å². The van der Waals surface area contributed by atoms with E-state index < -0.39 is 0 Å². The molecule has 0 atom stereocenters. The van der Waals surface area contributed by atoms with Crippen molar-refractivity contribution in [1.82, 2.24) is 24.2 Å². The smallest absolute Gasteiger partial charge is 0.350 e. The molecule has 0 N–H and O–H groups in total. The van der Waals surface area contributed by atoms with E-state index in [1.165, 1.54) is 10.2 Å². The van der Waals surface area contributed by atoms with Crippen LogP contribution < -0.4 is 10.4 Å². The Kier molecular flexibility index (Phi) is 7.66. The maximum atomic E-state index is 12.7. The van der Waals surface area contributed by atoms with Gasteiger partial charge in [-0.3, -0.25) is 9.88 Å². The summed E-state index contributed by atoms with van der Waals surface area (Å²) in [5, 5.41) is 4.28. The molecule has 7 heteroatoms. The Bertz CT molecular complexity index is 1170. The zero-order valence-electron chi connectivity index (χ0n) is 18.9. The van der Waals surface area contributed by atoms with Crippen LogP contribution in [0.3, 0.4) is 0 Å². The lowest BCUT2D eigenvalue weighted by Crippen LogP contribution is -2.24. The van der Waals surface area contributed by atoms with Crippen molar-refractivity contribution in [2.45, 2.75) is 32.5 Å². The van der Waals surface area contributed by atoms with Crippen LogP contribution >= 0.6 is 0 Å². The molecular formula is C26H29N5O2. The third-order valence-corrected chi connectivity index (χ3v) is 5.33. The number of ether oxygens (including phenoxy) is 1. The molecule has 0 aliphatic heterocycles. The summed E-state index contributed by atoms with van der Waals surface area (Å²) in [5.41, 5.74) is 2.91. The minimum Gasteiger partial charge on any atom is -0.494 e. The molecule has 2 aromatic carbocycles. The summed E-state index contributed by atoms with van der Waals surface area (Å²) < 4.78 is 8.80. The van der Waals surface area contributed by atoms with Crippen molar-refractivity contribution in [2.24, 2.45) is 0 Å². The highest BCUT2D eigenvalue weighted by Gasteiger charge is 2.08. The van der Waals surface area contributed by atoms with Crippen molar-refractivity contribution in [3.63, 3.8) is 0 Å². The van der Waals surface area contributed by atoms with Gasteiger partial charge in [0.2, 0.25) is 0 Å². The molecule has 0 bridgehead atoms. The van der Waals surface area contributed by atoms with Crippen LogP contribution in [0.25, 0.3) is 5.69 Å². The third kappa shape index (κ3) is 6.40. The summed E-state index contributed by atoms with van der Waals surface area (Å²) in [7, 11) is 2.07. The minimum absolute atomic E-state index is 0.126. The fourth-order valence-electron chi connectivity index (χ4n) is 3.64. The first-order valence-corrected chi connectivity index (χ1v) is 11.2. The van der Waals surface area contributed by atoms with Gasteiger partial charge in [-0.25, -0.2) is 14.0 Å². The second-order valence-electron chi connectivity index (χ2n) is 8.04. The third-order valence-electron chi connectivity index (χ3n) is 5.33. The van der Waals surface area contributed by atoms with Crippen LogP contribution in [-0.2, 0) is 19.6 Å². The lowest BCUT2D eigenvalue weighted by atomic mass is 10.2. The van der Waals surface area contributed by atoms with Crippen molar-refractivity contribution in [2.75, 3.05) is 13.7 Å². The topological polar surface area (TPSA) is 65.2 Å². The van der Waals surface area contributed by atoms with Crippen LogP contribution in [0.2, 0.25) is 0 Å². The summed E-state index contributed by atoms with van der Waals surface area (Å²) in [6.45, 7) is 2.78. The molecule has 0 aliphatic carbocycles. The second kappa shape index (κ2) is 11.2. The lowest BCUT2D eigenvalue weighted by Gasteiger charge is -2.16. The largest absolute Gasteiger partial charge is 0.494 e. The number of aryl methyl sites for hydroxylation is 1. The molecule has 2 aromatic heterocycles. The van der Waals surface area contributed by atoms with E-state index in [-0.39, 0.29) is 5.69 Å². The lowest BCUT2D eigenvalue weighted by molar-refractivity contribution is 0.301. The van der Waals surface area contributed by atoms with Crippen molar-refractivity contribution >= 4 is 0 Å².